The van der Waals surface area contributed by atoms with Gasteiger partial charge >= 0.3 is 0 Å². The van der Waals surface area contributed by atoms with E-state index in [9.17, 15) is 24.0 Å². The molecular formula is C24H32N6O6. The van der Waals surface area contributed by atoms with Crippen LogP contribution < -0.4 is 21.7 Å². The van der Waals surface area contributed by atoms with Crippen molar-refractivity contribution >= 4 is 35.2 Å². The highest BCUT2D eigenvalue weighted by Crippen LogP contribution is 2.32. The Morgan fingerprint density at radius 3 is 2.56 bits per heavy atom. The number of rotatable bonds is 10. The number of anilines is 1. The molecule has 2 fully saturated rings. The number of nitrogens with zero attached hydrogens (tertiary/aromatic N) is 2. The molecule has 5 N–H and O–H groups in total. The number of hydrogen-bond donors (Lipinski definition) is 4. The minimum Gasteiger partial charge on any atom is -0.382 e. The van der Waals surface area contributed by atoms with Gasteiger partial charge in [0.15, 0.2) is 0 Å². The summed E-state index contributed by atoms with van der Waals surface area (Å²) in [6.45, 7) is 3.45. The topological polar surface area (TPSA) is 163 Å². The Morgan fingerprint density at radius 1 is 1.06 bits per heavy atom. The first-order valence-corrected chi connectivity index (χ1v) is 12.3. The van der Waals surface area contributed by atoms with Crippen molar-refractivity contribution in [1.82, 2.24) is 20.4 Å². The predicted molar refractivity (Wildman–Crippen MR) is 129 cm³/mol. The monoisotopic (exact) mass is 500 g/mol. The number of piperidine rings is 2. The summed E-state index contributed by atoms with van der Waals surface area (Å²) in [5, 5.41) is 8.14. The molecule has 2 saturated heterocycles. The van der Waals surface area contributed by atoms with Crippen LogP contribution in [0.2, 0.25) is 0 Å². The van der Waals surface area contributed by atoms with Crippen molar-refractivity contribution in [2.75, 3.05) is 51.3 Å². The molecule has 0 aliphatic carbocycles. The number of benzene rings is 1. The Hall–Kier alpha value is -3.35. The number of carbonyl (C=O) groups excluding carboxylic acids is 5. The quantitative estimate of drug-likeness (QED) is 0.234. The molecule has 1 aromatic rings. The lowest BCUT2D eigenvalue weighted by molar-refractivity contribution is -0.136. The maximum absolute atomic E-state index is 13.1. The molecule has 36 heavy (non-hydrogen) atoms. The standard InChI is InChI=1S/C24H32N6O6/c25-15-6-10-29(11-7-15)14-20(32)27-9-13-36-12-8-26-17-3-1-2-16-21(17)24(35)30(23(16)34)18-4-5-19(31)28-22(18)33/h1-3,15,18,26H,4-14,25H2,(H,27,32)(H,28,31,33). The fourth-order valence-electron chi connectivity index (χ4n) is 4.65. The molecule has 0 saturated carbocycles. The lowest BCUT2D eigenvalue weighted by atomic mass is 10.0. The van der Waals surface area contributed by atoms with Gasteiger partial charge in [-0.05, 0) is 31.4 Å². The summed E-state index contributed by atoms with van der Waals surface area (Å²) >= 11 is 0. The molecule has 0 bridgehead atoms. The number of imide groups is 2. The largest absolute Gasteiger partial charge is 0.382 e. The van der Waals surface area contributed by atoms with Crippen molar-refractivity contribution in [3.63, 3.8) is 0 Å². The fourth-order valence-corrected chi connectivity index (χ4v) is 4.65. The van der Waals surface area contributed by atoms with Gasteiger partial charge in [0.05, 0.1) is 30.9 Å². The highest BCUT2D eigenvalue weighted by molar-refractivity contribution is 6.25. The first-order chi connectivity index (χ1) is 17.3. The number of ether oxygens (including phenoxy) is 1. The number of fused-ring (bicyclic) bond motifs is 1. The van der Waals surface area contributed by atoms with Crippen LogP contribution in [0.5, 0.6) is 0 Å². The van der Waals surface area contributed by atoms with Gasteiger partial charge < -0.3 is 21.1 Å². The number of likely N-dealkylation sites (tertiary alicyclic amines) is 1. The SMILES string of the molecule is NC1CCN(CC(=O)NCCOCCNc2cccc3c2C(=O)N(C2CCC(=O)NC2=O)C3=O)CC1. The first-order valence-electron chi connectivity index (χ1n) is 12.3. The van der Waals surface area contributed by atoms with Crippen LogP contribution in [0, 0.1) is 0 Å². The van der Waals surface area contributed by atoms with Crippen molar-refractivity contribution in [3.05, 3.63) is 29.3 Å². The average Bonchev–Trinajstić information content (AvgIpc) is 3.10. The van der Waals surface area contributed by atoms with E-state index >= 15 is 0 Å². The van der Waals surface area contributed by atoms with E-state index in [0.717, 1.165) is 30.8 Å². The molecule has 0 spiro atoms. The van der Waals surface area contributed by atoms with Crippen LogP contribution in [-0.4, -0.2) is 97.4 Å². The molecule has 1 atom stereocenters. The summed E-state index contributed by atoms with van der Waals surface area (Å²) in [5.41, 5.74) is 6.78. The Bertz CT molecular complexity index is 1040. The smallest absolute Gasteiger partial charge is 0.264 e. The summed E-state index contributed by atoms with van der Waals surface area (Å²) in [6, 6.07) is 4.11. The third-order valence-corrected chi connectivity index (χ3v) is 6.60. The lowest BCUT2D eigenvalue weighted by Gasteiger charge is -2.29. The van der Waals surface area contributed by atoms with E-state index in [4.69, 9.17) is 10.5 Å². The van der Waals surface area contributed by atoms with E-state index in [0.29, 0.717) is 38.5 Å². The Balaban J connectivity index is 1.20. The van der Waals surface area contributed by atoms with Crippen molar-refractivity contribution < 1.29 is 28.7 Å². The number of hydrogen-bond acceptors (Lipinski definition) is 9. The summed E-state index contributed by atoms with van der Waals surface area (Å²) in [5.74, 6) is -2.21. The van der Waals surface area contributed by atoms with Gasteiger partial charge in [-0.1, -0.05) is 6.07 Å². The van der Waals surface area contributed by atoms with Crippen LogP contribution in [0.3, 0.4) is 0 Å². The number of amides is 5. The van der Waals surface area contributed by atoms with E-state index in [2.05, 4.69) is 20.9 Å². The van der Waals surface area contributed by atoms with E-state index in [-0.39, 0.29) is 35.9 Å². The molecule has 3 heterocycles. The average molecular weight is 501 g/mol. The van der Waals surface area contributed by atoms with Gasteiger partial charge in [-0.25, -0.2) is 0 Å². The van der Waals surface area contributed by atoms with Gasteiger partial charge in [-0.3, -0.25) is 39.1 Å². The van der Waals surface area contributed by atoms with Crippen LogP contribution in [0.1, 0.15) is 46.4 Å². The van der Waals surface area contributed by atoms with Gasteiger partial charge in [-0.2, -0.15) is 0 Å². The van der Waals surface area contributed by atoms with Gasteiger partial charge in [0, 0.05) is 44.3 Å². The minimum atomic E-state index is -1.01. The molecule has 5 amide bonds. The second-order valence-corrected chi connectivity index (χ2v) is 9.18. The molecule has 0 radical (unpaired) electrons. The summed E-state index contributed by atoms with van der Waals surface area (Å²) < 4.78 is 5.56. The molecule has 1 unspecified atom stereocenters. The van der Waals surface area contributed by atoms with Crippen LogP contribution >= 0.6 is 0 Å². The van der Waals surface area contributed by atoms with Gasteiger partial charge in [0.2, 0.25) is 17.7 Å². The van der Waals surface area contributed by atoms with Gasteiger partial charge in [-0.15, -0.1) is 0 Å². The lowest BCUT2D eigenvalue weighted by Crippen LogP contribution is -2.54. The summed E-state index contributed by atoms with van der Waals surface area (Å²) in [6.07, 6.45) is 1.99. The van der Waals surface area contributed by atoms with Crippen molar-refractivity contribution in [2.45, 2.75) is 37.8 Å². The molecule has 12 heteroatoms. The molecule has 4 rings (SSSR count). The number of carbonyl (C=O) groups is 5. The second-order valence-electron chi connectivity index (χ2n) is 9.18. The highest BCUT2D eigenvalue weighted by atomic mass is 16.5. The normalized spacial score (nSPS) is 20.9. The highest BCUT2D eigenvalue weighted by Gasteiger charge is 2.45. The maximum atomic E-state index is 13.1. The van der Waals surface area contributed by atoms with Crippen LogP contribution in [0.25, 0.3) is 0 Å². The van der Waals surface area contributed by atoms with Crippen molar-refractivity contribution in [3.8, 4) is 0 Å². The zero-order valence-electron chi connectivity index (χ0n) is 20.1. The van der Waals surface area contributed by atoms with E-state index in [1.165, 1.54) is 0 Å². The maximum Gasteiger partial charge on any atom is 0.264 e. The molecule has 194 valence electrons. The Morgan fingerprint density at radius 2 is 1.81 bits per heavy atom. The number of nitrogens with two attached hydrogens (primary N) is 1. The molecule has 3 aliphatic rings. The van der Waals surface area contributed by atoms with Gasteiger partial charge in [0.1, 0.15) is 6.04 Å². The second kappa shape index (κ2) is 11.6. The van der Waals surface area contributed by atoms with Crippen LogP contribution in [0.4, 0.5) is 5.69 Å². The first kappa shape index (κ1) is 25.7. The third-order valence-electron chi connectivity index (χ3n) is 6.60. The molecule has 3 aliphatic heterocycles. The molecule has 1 aromatic carbocycles. The van der Waals surface area contributed by atoms with Crippen LogP contribution in [-0.2, 0) is 19.1 Å². The fraction of sp³-hybridized carbons (Fsp3) is 0.542. The summed E-state index contributed by atoms with van der Waals surface area (Å²) in [7, 11) is 0. The van der Waals surface area contributed by atoms with Crippen molar-refractivity contribution in [2.24, 2.45) is 5.73 Å². The van der Waals surface area contributed by atoms with Crippen LogP contribution in [0.15, 0.2) is 18.2 Å². The summed E-state index contributed by atoms with van der Waals surface area (Å²) in [4.78, 5) is 64.7. The predicted octanol–water partition coefficient (Wildman–Crippen LogP) is -0.944. The number of nitrogens with one attached hydrogen (secondary N) is 3. The van der Waals surface area contributed by atoms with E-state index < -0.39 is 29.7 Å². The van der Waals surface area contributed by atoms with Crippen molar-refractivity contribution in [1.29, 1.82) is 0 Å². The molecular weight excluding hydrogens is 468 g/mol. The third kappa shape index (κ3) is 5.89. The zero-order chi connectivity index (χ0) is 25.7. The Kier molecular flexibility index (Phi) is 8.28. The Labute approximate surface area is 208 Å². The zero-order valence-corrected chi connectivity index (χ0v) is 20.1. The van der Waals surface area contributed by atoms with E-state index in [1.54, 1.807) is 18.2 Å². The van der Waals surface area contributed by atoms with E-state index in [1.807, 2.05) is 0 Å². The molecule has 0 aromatic heterocycles. The molecule has 12 nitrogen and oxygen atoms in total. The minimum absolute atomic E-state index is 0.0456. The van der Waals surface area contributed by atoms with Gasteiger partial charge in [0.25, 0.3) is 11.8 Å².